The lowest BCUT2D eigenvalue weighted by molar-refractivity contribution is 0.0495. The van der Waals surface area contributed by atoms with Gasteiger partial charge in [0.25, 0.3) is 0 Å². The highest BCUT2D eigenvalue weighted by molar-refractivity contribution is 5.79. The molecule has 0 spiro atoms. The van der Waals surface area contributed by atoms with E-state index < -0.39 is 11.9 Å². The Morgan fingerprint density at radius 3 is 2.62 bits per heavy atom. The summed E-state index contributed by atoms with van der Waals surface area (Å²) in [6, 6.07) is 8.54. The molecule has 1 aromatic carbocycles. The minimum atomic E-state index is -0.888. The average molecular weight is 544 g/mol. The molecular weight excluding hydrogens is 517 g/mol. The number of hydrogen-bond donors (Lipinski definition) is 1. The topological polar surface area (TPSA) is 139 Å². The third-order valence-electron chi connectivity index (χ3n) is 7.62. The molecule has 2 bridgehead atoms. The van der Waals surface area contributed by atoms with E-state index in [1.165, 1.54) is 19.4 Å². The number of benzene rings is 1. The van der Waals surface area contributed by atoms with Crippen LogP contribution in [0.2, 0.25) is 0 Å². The fraction of sp³-hybridized carbons (Fsp3) is 0.357. The lowest BCUT2D eigenvalue weighted by atomic mass is 10.00. The number of aromatic nitrogens is 5. The highest BCUT2D eigenvalue weighted by atomic mass is 19.1. The molecule has 2 aliphatic rings. The van der Waals surface area contributed by atoms with Gasteiger partial charge in [-0.25, -0.2) is 14.2 Å². The van der Waals surface area contributed by atoms with Crippen LogP contribution in [0.15, 0.2) is 36.7 Å². The van der Waals surface area contributed by atoms with E-state index in [0.717, 1.165) is 12.8 Å². The number of piperidine rings is 1. The summed E-state index contributed by atoms with van der Waals surface area (Å²) >= 11 is 0. The molecule has 204 valence electrons. The second-order valence-corrected chi connectivity index (χ2v) is 10.1. The number of carbonyl (C=O) groups is 1. The van der Waals surface area contributed by atoms with Gasteiger partial charge in [0.1, 0.15) is 35.1 Å². The van der Waals surface area contributed by atoms with Crippen molar-refractivity contribution in [1.29, 1.82) is 5.26 Å². The van der Waals surface area contributed by atoms with Crippen LogP contribution < -0.4 is 9.47 Å². The number of methoxy groups -OCH3 is 1. The largest absolute Gasteiger partial charge is 0.490 e. The summed E-state index contributed by atoms with van der Waals surface area (Å²) in [6.07, 6.45) is 4.82. The van der Waals surface area contributed by atoms with Crippen LogP contribution in [0, 0.1) is 24.1 Å². The molecule has 11 nitrogen and oxygen atoms in total. The van der Waals surface area contributed by atoms with Crippen molar-refractivity contribution in [3.05, 3.63) is 59.3 Å². The first-order chi connectivity index (χ1) is 19.3. The molecule has 40 heavy (non-hydrogen) atoms. The maximum Gasteiger partial charge on any atom is 0.407 e. The monoisotopic (exact) mass is 543 g/mol. The highest BCUT2D eigenvalue weighted by Gasteiger charge is 2.44. The number of hydrogen-bond acceptors (Lipinski definition) is 8. The Morgan fingerprint density at radius 2 is 1.95 bits per heavy atom. The Bertz CT molecular complexity index is 1650. The Kier molecular flexibility index (Phi) is 6.42. The van der Waals surface area contributed by atoms with Gasteiger partial charge in [0.05, 0.1) is 24.9 Å². The molecule has 5 heterocycles. The zero-order valence-corrected chi connectivity index (χ0v) is 21.9. The van der Waals surface area contributed by atoms with Gasteiger partial charge in [-0.1, -0.05) is 6.07 Å². The molecule has 2 fully saturated rings. The number of ether oxygens (including phenoxy) is 2. The average Bonchev–Trinajstić information content (AvgIpc) is 3.45. The quantitative estimate of drug-likeness (QED) is 0.377. The molecule has 3 aromatic heterocycles. The van der Waals surface area contributed by atoms with E-state index in [2.05, 4.69) is 21.0 Å². The van der Waals surface area contributed by atoms with E-state index >= 15 is 4.39 Å². The SMILES string of the molecule is COc1nc(C)c2nc(-c3cncc(C#N)c3)n(Cc3ccc(OC4C[C@H]5CC[C@@H](C4)N5C(=O)O)cc3F)c2n1. The van der Waals surface area contributed by atoms with Gasteiger partial charge in [0.2, 0.25) is 0 Å². The van der Waals surface area contributed by atoms with E-state index in [9.17, 15) is 15.2 Å². The Hall–Kier alpha value is -4.79. The Labute approximate surface area is 228 Å². The fourth-order valence-corrected chi connectivity index (χ4v) is 5.83. The molecule has 12 heteroatoms. The first-order valence-electron chi connectivity index (χ1n) is 12.9. The van der Waals surface area contributed by atoms with Crippen LogP contribution >= 0.6 is 0 Å². The maximum absolute atomic E-state index is 15.5. The molecule has 1 N–H and O–H groups in total. The first kappa shape index (κ1) is 25.5. The number of imidazole rings is 1. The number of pyridine rings is 1. The summed E-state index contributed by atoms with van der Waals surface area (Å²) in [5.41, 5.74) is 2.92. The highest BCUT2D eigenvalue weighted by Crippen LogP contribution is 2.37. The van der Waals surface area contributed by atoms with Crippen LogP contribution in [0.3, 0.4) is 0 Å². The minimum Gasteiger partial charge on any atom is -0.490 e. The Balaban J connectivity index is 1.31. The first-order valence-corrected chi connectivity index (χ1v) is 12.9. The summed E-state index contributed by atoms with van der Waals surface area (Å²) in [5.74, 6) is 0.402. The van der Waals surface area contributed by atoms with Crippen LogP contribution in [0.25, 0.3) is 22.6 Å². The molecule has 3 atom stereocenters. The van der Waals surface area contributed by atoms with Crippen LogP contribution in [0.5, 0.6) is 11.8 Å². The van der Waals surface area contributed by atoms with E-state index in [1.54, 1.807) is 40.8 Å². The maximum atomic E-state index is 15.5. The van der Waals surface area contributed by atoms with Gasteiger partial charge < -0.3 is 24.0 Å². The third-order valence-corrected chi connectivity index (χ3v) is 7.62. The lowest BCUT2D eigenvalue weighted by Gasteiger charge is -2.37. The number of halogens is 1. The number of nitrogens with zero attached hydrogens (tertiary/aromatic N) is 7. The zero-order chi connectivity index (χ0) is 28.0. The van der Waals surface area contributed by atoms with Crippen molar-refractivity contribution in [3.63, 3.8) is 0 Å². The van der Waals surface area contributed by atoms with E-state index in [4.69, 9.17) is 14.5 Å². The number of nitriles is 1. The van der Waals surface area contributed by atoms with Gasteiger partial charge in [-0.3, -0.25) is 4.98 Å². The molecule has 0 radical (unpaired) electrons. The fourth-order valence-electron chi connectivity index (χ4n) is 5.83. The normalized spacial score (nSPS) is 19.9. The summed E-state index contributed by atoms with van der Waals surface area (Å²) in [7, 11) is 1.47. The summed E-state index contributed by atoms with van der Waals surface area (Å²) in [6.45, 7) is 1.88. The predicted octanol–water partition coefficient (Wildman–Crippen LogP) is 4.32. The number of carboxylic acid groups (broad SMARTS) is 1. The smallest absolute Gasteiger partial charge is 0.407 e. The lowest BCUT2D eigenvalue weighted by Crippen LogP contribution is -2.48. The third kappa shape index (κ3) is 4.53. The molecule has 2 saturated heterocycles. The van der Waals surface area contributed by atoms with Gasteiger partial charge in [0.15, 0.2) is 5.65 Å². The second kappa shape index (κ2) is 10.1. The van der Waals surface area contributed by atoms with Crippen molar-refractivity contribution in [2.75, 3.05) is 7.11 Å². The van der Waals surface area contributed by atoms with Gasteiger partial charge in [-0.05, 0) is 31.9 Å². The Morgan fingerprint density at radius 1 is 1.18 bits per heavy atom. The van der Waals surface area contributed by atoms with E-state index in [1.807, 2.05) is 0 Å². The number of fused-ring (bicyclic) bond motifs is 3. The molecule has 0 saturated carbocycles. The van der Waals surface area contributed by atoms with Crippen molar-refractivity contribution in [2.45, 2.75) is 57.3 Å². The van der Waals surface area contributed by atoms with Crippen LogP contribution in [-0.4, -0.2) is 65.9 Å². The van der Waals surface area contributed by atoms with Gasteiger partial charge in [-0.15, -0.1) is 0 Å². The predicted molar refractivity (Wildman–Crippen MR) is 140 cm³/mol. The summed E-state index contributed by atoms with van der Waals surface area (Å²) < 4.78 is 28.6. The molecule has 1 amide bonds. The number of rotatable bonds is 6. The summed E-state index contributed by atoms with van der Waals surface area (Å²) in [4.78, 5) is 30.8. The molecule has 0 aliphatic carbocycles. The van der Waals surface area contributed by atoms with Gasteiger partial charge >= 0.3 is 12.1 Å². The van der Waals surface area contributed by atoms with Crippen molar-refractivity contribution >= 4 is 17.3 Å². The van der Waals surface area contributed by atoms with Crippen molar-refractivity contribution in [3.8, 4) is 29.2 Å². The second-order valence-electron chi connectivity index (χ2n) is 10.1. The number of amides is 1. The molecule has 4 aromatic rings. The standard InChI is InChI=1S/C28H26FN7O4/c1-15-24-26(34-27(32-15)39-2)35(25(33-24)18-7-16(11-30)12-31-13-18)14-17-3-6-21(10-23(17)29)40-22-8-19-4-5-20(9-22)36(19)28(37)38/h3,6-7,10,12-13,19-20,22H,4-5,8-9,14H2,1-2H3,(H,37,38)/t19-,20+,22?. The van der Waals surface area contributed by atoms with Gasteiger partial charge in [-0.2, -0.15) is 15.2 Å². The van der Waals surface area contributed by atoms with Crippen molar-refractivity contribution in [1.82, 2.24) is 29.4 Å². The van der Waals surface area contributed by atoms with Crippen molar-refractivity contribution in [2.24, 2.45) is 0 Å². The molecule has 2 aliphatic heterocycles. The summed E-state index contributed by atoms with van der Waals surface area (Å²) in [5, 5.41) is 18.9. The van der Waals surface area contributed by atoms with E-state index in [0.29, 0.717) is 58.0 Å². The van der Waals surface area contributed by atoms with E-state index in [-0.39, 0.29) is 30.7 Å². The van der Waals surface area contributed by atoms with Crippen LogP contribution in [-0.2, 0) is 6.54 Å². The van der Waals surface area contributed by atoms with Gasteiger partial charge in [0, 0.05) is 54.5 Å². The van der Waals surface area contributed by atoms with Crippen molar-refractivity contribution < 1.29 is 23.8 Å². The minimum absolute atomic E-state index is 0.0604. The molecule has 1 unspecified atom stereocenters. The zero-order valence-electron chi connectivity index (χ0n) is 21.9. The van der Waals surface area contributed by atoms with Crippen LogP contribution in [0.1, 0.15) is 42.5 Å². The van der Waals surface area contributed by atoms with Crippen LogP contribution in [0.4, 0.5) is 9.18 Å². The molecule has 6 rings (SSSR count). The molecular formula is C28H26FN7O4. The number of aryl methyl sites for hydroxylation is 1.